The molecule has 21 heavy (non-hydrogen) atoms. The quantitative estimate of drug-likeness (QED) is 0.810. The summed E-state index contributed by atoms with van der Waals surface area (Å²) < 4.78 is 0. The molecule has 6 heteroatoms. The summed E-state index contributed by atoms with van der Waals surface area (Å²) in [5, 5.41) is 18.8. The molecule has 1 heterocycles. The van der Waals surface area contributed by atoms with Crippen molar-refractivity contribution in [1.29, 1.82) is 0 Å². The van der Waals surface area contributed by atoms with Crippen LogP contribution in [0.5, 0.6) is 0 Å². The average Bonchev–Trinajstić information content (AvgIpc) is 2.79. The number of rotatable bonds is 2. The Morgan fingerprint density at radius 1 is 1.24 bits per heavy atom. The zero-order chi connectivity index (χ0) is 15.8. The smallest absolute Gasteiger partial charge is 0.326 e. The molecule has 0 bridgehead atoms. The highest BCUT2D eigenvalue weighted by molar-refractivity contribution is 5.83. The standard InChI is InChI=1S/C15H26N2O4/c1-15(2)6-4-10(5-7-15)16(3)14(21)17-9-11(18)8-12(17)13(19)20/h10-12,18H,4-9H2,1-3H3,(H,19,20). The molecule has 1 saturated heterocycles. The Balaban J connectivity index is 2.00. The van der Waals surface area contributed by atoms with Crippen LogP contribution in [0.3, 0.4) is 0 Å². The Morgan fingerprint density at radius 3 is 2.33 bits per heavy atom. The number of carboxylic acids is 1. The third-order valence-corrected chi connectivity index (χ3v) is 4.97. The summed E-state index contributed by atoms with van der Waals surface area (Å²) in [5.74, 6) is -1.04. The van der Waals surface area contributed by atoms with E-state index in [1.54, 1.807) is 11.9 Å². The number of aliphatic hydroxyl groups excluding tert-OH is 1. The molecule has 2 atom stereocenters. The second kappa shape index (κ2) is 5.83. The Labute approximate surface area is 125 Å². The number of urea groups is 1. The van der Waals surface area contributed by atoms with Gasteiger partial charge in [0.25, 0.3) is 0 Å². The topological polar surface area (TPSA) is 81.1 Å². The van der Waals surface area contributed by atoms with Crippen LogP contribution in [0.1, 0.15) is 46.0 Å². The van der Waals surface area contributed by atoms with Gasteiger partial charge in [0.2, 0.25) is 0 Å². The van der Waals surface area contributed by atoms with Gasteiger partial charge in [-0.25, -0.2) is 9.59 Å². The summed E-state index contributed by atoms with van der Waals surface area (Å²) in [6.45, 7) is 4.59. The van der Waals surface area contributed by atoms with Crippen molar-refractivity contribution in [1.82, 2.24) is 9.80 Å². The van der Waals surface area contributed by atoms with Gasteiger partial charge in [-0.1, -0.05) is 13.8 Å². The first kappa shape index (κ1) is 16.1. The third-order valence-electron chi connectivity index (χ3n) is 4.97. The second-order valence-electron chi connectivity index (χ2n) is 7.18. The van der Waals surface area contributed by atoms with Crippen molar-refractivity contribution >= 4 is 12.0 Å². The summed E-state index contributed by atoms with van der Waals surface area (Å²) in [6.07, 6.45) is 3.41. The predicted molar refractivity (Wildman–Crippen MR) is 77.9 cm³/mol. The molecular weight excluding hydrogens is 272 g/mol. The molecule has 120 valence electrons. The minimum atomic E-state index is -1.04. The largest absolute Gasteiger partial charge is 0.480 e. The number of carbonyl (C=O) groups excluding carboxylic acids is 1. The SMILES string of the molecule is CN(C(=O)N1CC(O)CC1C(=O)O)C1CCC(C)(C)CC1. The van der Waals surface area contributed by atoms with Crippen molar-refractivity contribution in [2.24, 2.45) is 5.41 Å². The summed E-state index contributed by atoms with van der Waals surface area (Å²) in [5.41, 5.74) is 0.327. The summed E-state index contributed by atoms with van der Waals surface area (Å²) in [4.78, 5) is 26.7. The first-order chi connectivity index (χ1) is 9.71. The number of β-amino-alcohol motifs (C(OH)–C–C–N with tert-alkyl or cyclic N) is 1. The van der Waals surface area contributed by atoms with E-state index in [0.717, 1.165) is 25.7 Å². The molecule has 1 saturated carbocycles. The number of nitrogens with zero attached hydrogens (tertiary/aromatic N) is 2. The molecule has 0 aromatic carbocycles. The lowest BCUT2D eigenvalue weighted by Gasteiger charge is -2.40. The van der Waals surface area contributed by atoms with Gasteiger partial charge in [-0.05, 0) is 31.1 Å². The Kier molecular flexibility index (Phi) is 4.46. The van der Waals surface area contributed by atoms with E-state index in [9.17, 15) is 19.8 Å². The van der Waals surface area contributed by atoms with Crippen LogP contribution in [0.15, 0.2) is 0 Å². The van der Waals surface area contributed by atoms with Crippen LogP contribution < -0.4 is 0 Å². The highest BCUT2D eigenvalue weighted by atomic mass is 16.4. The van der Waals surface area contributed by atoms with Gasteiger partial charge in [0, 0.05) is 26.1 Å². The molecular formula is C15H26N2O4. The minimum Gasteiger partial charge on any atom is -0.480 e. The van der Waals surface area contributed by atoms with Gasteiger partial charge in [-0.3, -0.25) is 0 Å². The predicted octanol–water partition coefficient (Wildman–Crippen LogP) is 1.53. The first-order valence-corrected chi connectivity index (χ1v) is 7.65. The molecule has 2 aliphatic rings. The maximum atomic E-state index is 12.5. The number of aliphatic carboxylic acids is 1. The summed E-state index contributed by atoms with van der Waals surface area (Å²) >= 11 is 0. The molecule has 0 aromatic rings. The maximum absolute atomic E-state index is 12.5. The minimum absolute atomic E-state index is 0.109. The van der Waals surface area contributed by atoms with Crippen molar-refractivity contribution in [3.63, 3.8) is 0 Å². The van der Waals surface area contributed by atoms with Crippen LogP contribution in [-0.4, -0.2) is 63.8 Å². The van der Waals surface area contributed by atoms with E-state index >= 15 is 0 Å². The third kappa shape index (κ3) is 3.48. The van der Waals surface area contributed by atoms with Crippen LogP contribution in [0.25, 0.3) is 0 Å². The lowest BCUT2D eigenvalue weighted by Crippen LogP contribution is -2.51. The molecule has 0 spiro atoms. The van der Waals surface area contributed by atoms with Gasteiger partial charge in [0.1, 0.15) is 6.04 Å². The van der Waals surface area contributed by atoms with Crippen LogP contribution in [0.4, 0.5) is 4.79 Å². The maximum Gasteiger partial charge on any atom is 0.326 e. The normalized spacial score (nSPS) is 29.4. The fourth-order valence-corrected chi connectivity index (χ4v) is 3.39. The number of amides is 2. The van der Waals surface area contributed by atoms with E-state index in [2.05, 4.69) is 13.8 Å². The Morgan fingerprint density at radius 2 is 1.81 bits per heavy atom. The fraction of sp³-hybridized carbons (Fsp3) is 0.867. The molecule has 0 aromatic heterocycles. The van der Waals surface area contributed by atoms with E-state index in [0.29, 0.717) is 5.41 Å². The second-order valence-corrected chi connectivity index (χ2v) is 7.18. The Bertz CT molecular complexity index is 414. The van der Waals surface area contributed by atoms with Crippen LogP contribution >= 0.6 is 0 Å². The number of aliphatic hydroxyl groups is 1. The molecule has 1 aliphatic carbocycles. The lowest BCUT2D eigenvalue weighted by atomic mass is 9.75. The van der Waals surface area contributed by atoms with Gasteiger partial charge >= 0.3 is 12.0 Å². The number of hydrogen-bond donors (Lipinski definition) is 2. The van der Waals surface area contributed by atoms with Gasteiger partial charge in [-0.15, -0.1) is 0 Å². The van der Waals surface area contributed by atoms with E-state index < -0.39 is 18.1 Å². The van der Waals surface area contributed by atoms with Crippen molar-refractivity contribution in [3.8, 4) is 0 Å². The van der Waals surface area contributed by atoms with Gasteiger partial charge < -0.3 is 20.0 Å². The molecule has 2 N–H and O–H groups in total. The van der Waals surface area contributed by atoms with E-state index in [4.69, 9.17) is 0 Å². The monoisotopic (exact) mass is 298 g/mol. The highest BCUT2D eigenvalue weighted by Crippen LogP contribution is 2.37. The number of carbonyl (C=O) groups is 2. The van der Waals surface area contributed by atoms with Crippen LogP contribution in [0.2, 0.25) is 0 Å². The zero-order valence-corrected chi connectivity index (χ0v) is 13.1. The van der Waals surface area contributed by atoms with E-state index in [1.807, 2.05) is 0 Å². The zero-order valence-electron chi connectivity index (χ0n) is 13.1. The van der Waals surface area contributed by atoms with Gasteiger partial charge in [0.15, 0.2) is 0 Å². The van der Waals surface area contributed by atoms with Crippen molar-refractivity contribution in [2.45, 2.75) is 64.1 Å². The number of carboxylic acid groups (broad SMARTS) is 1. The highest BCUT2D eigenvalue weighted by Gasteiger charge is 2.41. The first-order valence-electron chi connectivity index (χ1n) is 7.65. The van der Waals surface area contributed by atoms with E-state index in [1.165, 1.54) is 4.90 Å². The van der Waals surface area contributed by atoms with Gasteiger partial charge in [0.05, 0.1) is 6.10 Å². The van der Waals surface area contributed by atoms with Crippen LogP contribution in [0, 0.1) is 5.41 Å². The van der Waals surface area contributed by atoms with E-state index in [-0.39, 0.29) is 25.0 Å². The average molecular weight is 298 g/mol. The lowest BCUT2D eigenvalue weighted by molar-refractivity contribution is -0.141. The molecule has 2 fully saturated rings. The van der Waals surface area contributed by atoms with Crippen LogP contribution in [-0.2, 0) is 4.79 Å². The number of likely N-dealkylation sites (tertiary alicyclic amines) is 1. The number of hydrogen-bond acceptors (Lipinski definition) is 3. The molecule has 6 nitrogen and oxygen atoms in total. The van der Waals surface area contributed by atoms with Crippen molar-refractivity contribution in [3.05, 3.63) is 0 Å². The molecule has 2 amide bonds. The summed E-state index contributed by atoms with van der Waals surface area (Å²) in [7, 11) is 1.74. The van der Waals surface area contributed by atoms with Crippen molar-refractivity contribution < 1.29 is 19.8 Å². The molecule has 0 radical (unpaired) electrons. The fourth-order valence-electron chi connectivity index (χ4n) is 3.39. The molecule has 2 unspecified atom stereocenters. The van der Waals surface area contributed by atoms with Crippen molar-refractivity contribution in [2.75, 3.05) is 13.6 Å². The molecule has 2 rings (SSSR count). The summed E-state index contributed by atoms with van der Waals surface area (Å²) in [6, 6.07) is -1.02. The van der Waals surface area contributed by atoms with Gasteiger partial charge in [-0.2, -0.15) is 0 Å². The molecule has 1 aliphatic heterocycles. The Hall–Kier alpha value is -1.30.